The molecule has 0 bridgehead atoms. The summed E-state index contributed by atoms with van der Waals surface area (Å²) in [6, 6.07) is 10.4. The molecule has 154 valence electrons. The molecule has 1 aliphatic rings. The Morgan fingerprint density at radius 2 is 1.73 bits per heavy atom. The molecule has 0 saturated carbocycles. The van der Waals surface area contributed by atoms with Gasteiger partial charge in [0.15, 0.2) is 0 Å². The van der Waals surface area contributed by atoms with Crippen molar-refractivity contribution >= 4 is 35.6 Å². The number of rotatable bonds is 5. The number of benzene rings is 2. The van der Waals surface area contributed by atoms with Gasteiger partial charge >= 0.3 is 6.03 Å². The van der Waals surface area contributed by atoms with Crippen molar-refractivity contribution in [2.75, 3.05) is 4.90 Å². The SMILES string of the molecule is Cc1ccc(N2C(=O)NC(=O)/C(=C\c3ccc(O[C@@H](C)C(=O)[O-])cc3)C2=O)cc1C. The lowest BCUT2D eigenvalue weighted by atomic mass is 10.1. The van der Waals surface area contributed by atoms with Crippen LogP contribution in [0.25, 0.3) is 6.08 Å². The van der Waals surface area contributed by atoms with Gasteiger partial charge in [-0.3, -0.25) is 14.9 Å². The third-order valence-electron chi connectivity index (χ3n) is 4.69. The third-order valence-corrected chi connectivity index (χ3v) is 4.69. The highest BCUT2D eigenvalue weighted by Crippen LogP contribution is 2.24. The Morgan fingerprint density at radius 1 is 1.07 bits per heavy atom. The van der Waals surface area contributed by atoms with E-state index in [-0.39, 0.29) is 5.57 Å². The van der Waals surface area contributed by atoms with Crippen LogP contribution in [0.5, 0.6) is 5.75 Å². The number of nitrogens with zero attached hydrogens (tertiary/aromatic N) is 1. The average Bonchev–Trinajstić information content (AvgIpc) is 2.69. The largest absolute Gasteiger partial charge is 0.546 e. The monoisotopic (exact) mass is 407 g/mol. The predicted molar refractivity (Wildman–Crippen MR) is 106 cm³/mol. The fraction of sp³-hybridized carbons (Fsp3) is 0.182. The smallest absolute Gasteiger partial charge is 0.335 e. The molecule has 0 radical (unpaired) electrons. The second-order valence-electron chi connectivity index (χ2n) is 6.87. The molecular formula is C22H19N2O6-. The number of aryl methyl sites for hydroxylation is 2. The van der Waals surface area contributed by atoms with E-state index in [1.54, 1.807) is 30.3 Å². The third kappa shape index (κ3) is 4.22. The number of ether oxygens (including phenoxy) is 1. The molecule has 1 aliphatic heterocycles. The molecular weight excluding hydrogens is 388 g/mol. The van der Waals surface area contributed by atoms with Gasteiger partial charge in [0.1, 0.15) is 17.4 Å². The van der Waals surface area contributed by atoms with Crippen LogP contribution in [0.3, 0.4) is 0 Å². The van der Waals surface area contributed by atoms with Gasteiger partial charge in [-0.15, -0.1) is 0 Å². The number of amides is 4. The Kier molecular flexibility index (Phi) is 5.68. The van der Waals surface area contributed by atoms with Crippen LogP contribution in [0.1, 0.15) is 23.6 Å². The van der Waals surface area contributed by atoms with Gasteiger partial charge in [0.2, 0.25) is 0 Å². The van der Waals surface area contributed by atoms with Crippen LogP contribution >= 0.6 is 0 Å². The summed E-state index contributed by atoms with van der Waals surface area (Å²) in [5.41, 5.74) is 2.56. The number of carboxylic acid groups (broad SMARTS) is 1. The molecule has 1 heterocycles. The van der Waals surface area contributed by atoms with E-state index in [1.165, 1.54) is 25.1 Å². The van der Waals surface area contributed by atoms with Gasteiger partial charge in [-0.2, -0.15) is 0 Å². The highest BCUT2D eigenvalue weighted by atomic mass is 16.5. The zero-order valence-corrected chi connectivity index (χ0v) is 16.6. The molecule has 1 N–H and O–H groups in total. The Labute approximate surface area is 172 Å². The van der Waals surface area contributed by atoms with Crippen molar-refractivity contribution in [3.05, 3.63) is 64.7 Å². The van der Waals surface area contributed by atoms with Crippen molar-refractivity contribution in [2.45, 2.75) is 26.9 Å². The van der Waals surface area contributed by atoms with Crippen LogP contribution in [0, 0.1) is 13.8 Å². The van der Waals surface area contributed by atoms with Crippen LogP contribution in [0.4, 0.5) is 10.5 Å². The highest BCUT2D eigenvalue weighted by Gasteiger charge is 2.36. The fourth-order valence-electron chi connectivity index (χ4n) is 2.82. The van der Waals surface area contributed by atoms with Gasteiger partial charge in [0.25, 0.3) is 11.8 Å². The maximum atomic E-state index is 12.9. The number of hydrogen-bond acceptors (Lipinski definition) is 6. The number of barbiturate groups is 1. The van der Waals surface area contributed by atoms with Crippen LogP contribution in [0.2, 0.25) is 0 Å². The molecule has 2 aromatic rings. The van der Waals surface area contributed by atoms with Gasteiger partial charge < -0.3 is 14.6 Å². The lowest BCUT2D eigenvalue weighted by Crippen LogP contribution is -2.54. The molecule has 8 heteroatoms. The Balaban J connectivity index is 1.88. The first-order valence-electron chi connectivity index (χ1n) is 9.13. The minimum Gasteiger partial charge on any atom is -0.546 e. The van der Waals surface area contributed by atoms with Gasteiger partial charge in [-0.05, 0) is 67.8 Å². The van der Waals surface area contributed by atoms with E-state index in [0.29, 0.717) is 17.0 Å². The molecule has 0 aromatic heterocycles. The van der Waals surface area contributed by atoms with Crippen LogP contribution in [-0.2, 0) is 14.4 Å². The molecule has 1 atom stereocenters. The van der Waals surface area contributed by atoms with Crippen molar-refractivity contribution in [1.82, 2.24) is 5.32 Å². The van der Waals surface area contributed by atoms with E-state index in [4.69, 9.17) is 4.74 Å². The van der Waals surface area contributed by atoms with E-state index in [9.17, 15) is 24.3 Å². The molecule has 1 saturated heterocycles. The first-order valence-corrected chi connectivity index (χ1v) is 9.13. The minimum absolute atomic E-state index is 0.204. The molecule has 1 fully saturated rings. The molecule has 3 rings (SSSR count). The summed E-state index contributed by atoms with van der Waals surface area (Å²) >= 11 is 0. The lowest BCUT2D eigenvalue weighted by Gasteiger charge is -2.26. The van der Waals surface area contributed by atoms with Crippen LogP contribution < -0.4 is 20.1 Å². The molecule has 0 unspecified atom stereocenters. The second-order valence-corrected chi connectivity index (χ2v) is 6.87. The standard InChI is InChI=1S/C22H20N2O6/c1-12-4-7-16(10-13(12)2)24-20(26)18(19(25)23-22(24)29)11-15-5-8-17(9-6-15)30-14(3)21(27)28/h4-11,14H,1-3H3,(H,27,28)(H,23,25,29)/p-1/b18-11+/t14-/m0/s1. The summed E-state index contributed by atoms with van der Waals surface area (Å²) in [6.07, 6.45) is 0.224. The van der Waals surface area contributed by atoms with Crippen LogP contribution in [-0.4, -0.2) is 29.9 Å². The zero-order valence-electron chi connectivity index (χ0n) is 16.6. The number of imide groups is 2. The number of anilines is 1. The predicted octanol–water partition coefficient (Wildman–Crippen LogP) is 1.49. The van der Waals surface area contributed by atoms with E-state index in [0.717, 1.165) is 16.0 Å². The molecule has 0 aliphatic carbocycles. The maximum absolute atomic E-state index is 12.9. The number of urea groups is 1. The molecule has 8 nitrogen and oxygen atoms in total. The summed E-state index contributed by atoms with van der Waals surface area (Å²) in [7, 11) is 0. The number of aliphatic carboxylic acids is 1. The van der Waals surface area contributed by atoms with Gasteiger partial charge in [-0.1, -0.05) is 18.2 Å². The fourth-order valence-corrected chi connectivity index (χ4v) is 2.82. The van der Waals surface area contributed by atoms with Gasteiger partial charge in [0.05, 0.1) is 11.7 Å². The number of hydrogen-bond donors (Lipinski definition) is 1. The first-order chi connectivity index (χ1) is 14.2. The quantitative estimate of drug-likeness (QED) is 0.593. The van der Waals surface area contributed by atoms with Crippen LogP contribution in [0.15, 0.2) is 48.0 Å². The number of carbonyl (C=O) groups excluding carboxylic acids is 4. The summed E-state index contributed by atoms with van der Waals surface area (Å²) in [4.78, 5) is 49.1. The van der Waals surface area contributed by atoms with Gasteiger partial charge in [0, 0.05) is 0 Å². The Morgan fingerprint density at radius 3 is 2.33 bits per heavy atom. The number of nitrogens with one attached hydrogen (secondary N) is 1. The van der Waals surface area contributed by atoms with Crippen molar-refractivity contribution in [2.24, 2.45) is 0 Å². The highest BCUT2D eigenvalue weighted by molar-refractivity contribution is 6.39. The van der Waals surface area contributed by atoms with Crippen molar-refractivity contribution < 1.29 is 29.0 Å². The maximum Gasteiger partial charge on any atom is 0.335 e. The molecule has 4 amide bonds. The van der Waals surface area contributed by atoms with E-state index in [2.05, 4.69) is 5.32 Å². The second kappa shape index (κ2) is 8.20. The summed E-state index contributed by atoms with van der Waals surface area (Å²) in [5, 5.41) is 12.9. The summed E-state index contributed by atoms with van der Waals surface area (Å²) in [5.74, 6) is -2.59. The van der Waals surface area contributed by atoms with E-state index < -0.39 is 29.9 Å². The number of carbonyl (C=O) groups is 4. The Bertz CT molecular complexity index is 1070. The molecule has 30 heavy (non-hydrogen) atoms. The lowest BCUT2D eigenvalue weighted by molar-refractivity contribution is -0.312. The zero-order chi connectivity index (χ0) is 22.0. The average molecular weight is 407 g/mol. The summed E-state index contributed by atoms with van der Waals surface area (Å²) in [6.45, 7) is 5.11. The molecule has 0 spiro atoms. The molecule has 2 aromatic carbocycles. The van der Waals surface area contributed by atoms with E-state index in [1.807, 2.05) is 13.8 Å². The Hall–Kier alpha value is -3.94. The topological polar surface area (TPSA) is 116 Å². The minimum atomic E-state index is -1.35. The summed E-state index contributed by atoms with van der Waals surface area (Å²) < 4.78 is 5.19. The number of carboxylic acids is 1. The first kappa shape index (κ1) is 20.8. The van der Waals surface area contributed by atoms with Crippen molar-refractivity contribution in [3.63, 3.8) is 0 Å². The van der Waals surface area contributed by atoms with Crippen molar-refractivity contribution in [3.8, 4) is 5.75 Å². The van der Waals surface area contributed by atoms with Crippen molar-refractivity contribution in [1.29, 1.82) is 0 Å². The normalized spacial score (nSPS) is 16.4. The van der Waals surface area contributed by atoms with E-state index >= 15 is 0 Å². The van der Waals surface area contributed by atoms with Gasteiger partial charge in [-0.25, -0.2) is 9.69 Å².